The lowest BCUT2D eigenvalue weighted by molar-refractivity contribution is -0.116. The molecular weight excluding hydrogens is 733 g/mol. The van der Waals surface area contributed by atoms with Crippen LogP contribution in [0.1, 0.15) is 55.6 Å². The highest BCUT2D eigenvalue weighted by atomic mass is 32.2. The van der Waals surface area contributed by atoms with Crippen LogP contribution in [-0.4, -0.2) is 54.6 Å². The van der Waals surface area contributed by atoms with Crippen molar-refractivity contribution in [1.82, 2.24) is 10.2 Å². The minimum Gasteiger partial charge on any atom is -0.496 e. The maximum Gasteiger partial charge on any atom is 0.341 e. The number of hydrogen-bond acceptors (Lipinski definition) is 9. The number of thioether (sulfide) groups is 1. The van der Waals surface area contributed by atoms with Gasteiger partial charge in [-0.3, -0.25) is 19.3 Å². The summed E-state index contributed by atoms with van der Waals surface area (Å²) in [6.07, 6.45) is 2.75. The van der Waals surface area contributed by atoms with Gasteiger partial charge in [0.2, 0.25) is 5.91 Å². The van der Waals surface area contributed by atoms with Gasteiger partial charge in [-0.15, -0.1) is 23.1 Å². The largest absolute Gasteiger partial charge is 0.496 e. The van der Waals surface area contributed by atoms with Gasteiger partial charge in [-0.2, -0.15) is 0 Å². The van der Waals surface area contributed by atoms with Crippen molar-refractivity contribution in [2.75, 3.05) is 31.4 Å². The summed E-state index contributed by atoms with van der Waals surface area (Å²) < 4.78 is 10.6. The Bertz CT molecular complexity index is 2190. The molecule has 282 valence electrons. The fourth-order valence-corrected chi connectivity index (χ4v) is 8.54. The van der Waals surface area contributed by atoms with Crippen molar-refractivity contribution in [3.63, 3.8) is 0 Å². The number of carbonyl (C=O) groups excluding carboxylic acids is 4. The quantitative estimate of drug-likeness (QED) is 0.0589. The molecule has 1 aliphatic rings. The third-order valence-electron chi connectivity index (χ3n) is 9.01. The maximum absolute atomic E-state index is 13.8. The average Bonchev–Trinajstić information content (AvgIpc) is 3.57. The lowest BCUT2D eigenvalue weighted by Gasteiger charge is -2.27. The van der Waals surface area contributed by atoms with Gasteiger partial charge in [0, 0.05) is 46.2 Å². The second-order valence-electron chi connectivity index (χ2n) is 12.8. The first-order valence-corrected chi connectivity index (χ1v) is 19.5. The maximum atomic E-state index is 13.8. The molecule has 2 heterocycles. The van der Waals surface area contributed by atoms with Gasteiger partial charge in [0.25, 0.3) is 11.8 Å². The molecule has 6 rings (SSSR count). The number of para-hydroxylation sites is 1. The van der Waals surface area contributed by atoms with E-state index in [1.807, 2.05) is 49.4 Å². The minimum absolute atomic E-state index is 0.0189. The molecule has 1 aromatic heterocycles. The van der Waals surface area contributed by atoms with E-state index >= 15 is 0 Å². The van der Waals surface area contributed by atoms with E-state index in [0.717, 1.165) is 28.4 Å². The zero-order chi connectivity index (χ0) is 38.7. The molecular formula is C43H42N4O6S2. The topological polar surface area (TPSA) is 126 Å². The smallest absolute Gasteiger partial charge is 0.341 e. The van der Waals surface area contributed by atoms with Crippen molar-refractivity contribution in [2.24, 2.45) is 0 Å². The molecule has 3 N–H and O–H groups in total. The molecule has 0 saturated heterocycles. The number of carbonyl (C=O) groups is 4. The third-order valence-corrected chi connectivity index (χ3v) is 11.5. The van der Waals surface area contributed by atoms with Crippen LogP contribution in [0.4, 0.5) is 10.7 Å². The number of benzene rings is 4. The van der Waals surface area contributed by atoms with E-state index in [9.17, 15) is 19.2 Å². The molecule has 0 fully saturated rings. The summed E-state index contributed by atoms with van der Waals surface area (Å²) >= 11 is 2.78. The molecule has 10 nitrogen and oxygen atoms in total. The van der Waals surface area contributed by atoms with Gasteiger partial charge in [-0.25, -0.2) is 4.79 Å². The Morgan fingerprint density at radius 1 is 0.891 bits per heavy atom. The lowest BCUT2D eigenvalue weighted by Crippen LogP contribution is -2.30. The molecule has 4 aromatic carbocycles. The molecule has 1 atom stereocenters. The summed E-state index contributed by atoms with van der Waals surface area (Å²) in [7, 11) is 2.89. The van der Waals surface area contributed by atoms with Crippen LogP contribution >= 0.6 is 23.1 Å². The molecule has 0 aliphatic carbocycles. The SMILES string of the molecule is CCC(Sc1cccc(NC(=O)/C(=C\c2ccccc2OC)NC(=O)c2ccccc2)c1)C(=O)Nc1sc2c(c1C(=O)OC)CCN(Cc1ccccc1)C2. The van der Waals surface area contributed by atoms with Gasteiger partial charge < -0.3 is 25.4 Å². The van der Waals surface area contributed by atoms with Gasteiger partial charge >= 0.3 is 5.97 Å². The van der Waals surface area contributed by atoms with Gasteiger partial charge in [0.05, 0.1) is 25.0 Å². The number of fused-ring (bicyclic) bond motifs is 1. The summed E-state index contributed by atoms with van der Waals surface area (Å²) in [5.74, 6) is -1.15. The Hall–Kier alpha value is -5.69. The summed E-state index contributed by atoms with van der Waals surface area (Å²) in [5.41, 5.74) is 4.08. The van der Waals surface area contributed by atoms with Crippen LogP contribution in [0, 0.1) is 0 Å². The summed E-state index contributed by atoms with van der Waals surface area (Å²) in [4.78, 5) is 57.9. The van der Waals surface area contributed by atoms with Crippen molar-refractivity contribution in [2.45, 2.75) is 43.0 Å². The Labute approximate surface area is 328 Å². The number of thiophene rings is 1. The Morgan fingerprint density at radius 3 is 2.35 bits per heavy atom. The number of nitrogens with one attached hydrogen (secondary N) is 3. The molecule has 5 aromatic rings. The van der Waals surface area contributed by atoms with Crippen molar-refractivity contribution in [3.8, 4) is 5.75 Å². The van der Waals surface area contributed by atoms with E-state index in [1.54, 1.807) is 60.7 Å². The first kappa shape index (κ1) is 39.0. The molecule has 0 bridgehead atoms. The van der Waals surface area contributed by atoms with Crippen LogP contribution in [0.15, 0.2) is 120 Å². The predicted octanol–water partition coefficient (Wildman–Crippen LogP) is 8.02. The van der Waals surface area contributed by atoms with Crippen molar-refractivity contribution < 1.29 is 28.7 Å². The van der Waals surface area contributed by atoms with E-state index < -0.39 is 23.0 Å². The monoisotopic (exact) mass is 774 g/mol. The minimum atomic E-state index is -0.540. The lowest BCUT2D eigenvalue weighted by atomic mass is 10.0. The van der Waals surface area contributed by atoms with Crippen molar-refractivity contribution in [1.29, 1.82) is 0 Å². The molecule has 0 spiro atoms. The molecule has 1 unspecified atom stereocenters. The highest BCUT2D eigenvalue weighted by Gasteiger charge is 2.31. The van der Waals surface area contributed by atoms with Gasteiger partial charge in [0.1, 0.15) is 16.4 Å². The van der Waals surface area contributed by atoms with E-state index in [4.69, 9.17) is 9.47 Å². The number of anilines is 2. The molecule has 55 heavy (non-hydrogen) atoms. The van der Waals surface area contributed by atoms with E-state index in [-0.39, 0.29) is 11.6 Å². The van der Waals surface area contributed by atoms with Crippen LogP contribution in [0.25, 0.3) is 6.08 Å². The number of amides is 3. The summed E-state index contributed by atoms with van der Waals surface area (Å²) in [5, 5.41) is 8.71. The Morgan fingerprint density at radius 2 is 1.62 bits per heavy atom. The van der Waals surface area contributed by atoms with Gasteiger partial charge in [0.15, 0.2) is 0 Å². The second-order valence-corrected chi connectivity index (χ2v) is 15.1. The van der Waals surface area contributed by atoms with Crippen molar-refractivity contribution in [3.05, 3.63) is 148 Å². The van der Waals surface area contributed by atoms with Gasteiger partial charge in [-0.05, 0) is 66.4 Å². The highest BCUT2D eigenvalue weighted by molar-refractivity contribution is 8.00. The first-order valence-electron chi connectivity index (χ1n) is 17.9. The van der Waals surface area contributed by atoms with E-state index in [0.29, 0.717) is 52.5 Å². The zero-order valence-corrected chi connectivity index (χ0v) is 32.4. The standard InChI is InChI=1S/C43H42N4O6S2/c1-4-36(41(50)46-42-38(43(51)53-3)33-22-23-47(27-37(33)55-42)26-28-14-7-5-8-15-28)54-32-20-13-19-31(25-32)44-40(49)34(24-30-18-11-12-21-35(30)52-2)45-39(48)29-16-9-6-10-17-29/h5-21,24-25,36H,4,22-23,26-27H2,1-3H3,(H,44,49)(H,45,48)(H,46,50)/b34-24+. The van der Waals surface area contributed by atoms with Crippen LogP contribution in [0.2, 0.25) is 0 Å². The van der Waals surface area contributed by atoms with Crippen LogP contribution in [-0.2, 0) is 33.8 Å². The normalized spacial score (nSPS) is 13.3. The second kappa shape index (κ2) is 18.6. The molecule has 12 heteroatoms. The van der Waals surface area contributed by atoms with Crippen LogP contribution in [0.5, 0.6) is 5.75 Å². The van der Waals surface area contributed by atoms with Crippen LogP contribution in [0.3, 0.4) is 0 Å². The highest BCUT2D eigenvalue weighted by Crippen LogP contribution is 2.39. The van der Waals surface area contributed by atoms with Crippen molar-refractivity contribution >= 4 is 63.6 Å². The Kier molecular flexibility index (Phi) is 13.2. The summed E-state index contributed by atoms with van der Waals surface area (Å²) in [6, 6.07) is 33.3. The zero-order valence-electron chi connectivity index (χ0n) is 30.8. The van der Waals surface area contributed by atoms with Gasteiger partial charge in [-0.1, -0.05) is 79.7 Å². The number of nitrogens with zero attached hydrogens (tertiary/aromatic N) is 1. The molecule has 3 amide bonds. The Balaban J connectivity index is 1.17. The molecule has 0 radical (unpaired) electrons. The first-order chi connectivity index (χ1) is 26.8. The number of methoxy groups -OCH3 is 2. The van der Waals surface area contributed by atoms with E-state index in [2.05, 4.69) is 33.0 Å². The fraction of sp³-hybridized carbons (Fsp3) is 0.209. The summed E-state index contributed by atoms with van der Waals surface area (Å²) in [6.45, 7) is 4.18. The van der Waals surface area contributed by atoms with Crippen LogP contribution < -0.4 is 20.7 Å². The predicted molar refractivity (Wildman–Crippen MR) is 218 cm³/mol. The molecule has 1 aliphatic heterocycles. The third kappa shape index (κ3) is 9.90. The molecule has 0 saturated carbocycles. The number of rotatable bonds is 14. The number of hydrogen-bond donors (Lipinski definition) is 3. The average molecular weight is 775 g/mol. The van der Waals surface area contributed by atoms with E-state index in [1.165, 1.54) is 42.9 Å². The number of ether oxygens (including phenoxy) is 2. The fourth-order valence-electron chi connectivity index (χ4n) is 6.25. The number of esters is 1.